The monoisotopic (exact) mass is 360 g/mol. The van der Waals surface area contributed by atoms with Crippen LogP contribution in [0.3, 0.4) is 0 Å². The summed E-state index contributed by atoms with van der Waals surface area (Å²) in [5.74, 6) is 0.687. The van der Waals surface area contributed by atoms with Gasteiger partial charge in [0, 0.05) is 43.8 Å². The van der Waals surface area contributed by atoms with Gasteiger partial charge in [0.05, 0.1) is 5.02 Å². The van der Waals surface area contributed by atoms with Crippen LogP contribution in [-0.2, 0) is 4.79 Å². The minimum atomic E-state index is -0.618. The molecule has 3 heterocycles. The molecule has 0 spiro atoms. The van der Waals surface area contributed by atoms with E-state index in [2.05, 4.69) is 25.2 Å². The SMILES string of the molecule is O=C(C=Cc1cnc(N[C@@H]2CCN(c3ncccn3)C2)c(Cl)c1)NO. The first-order valence-corrected chi connectivity index (χ1v) is 8.09. The normalized spacial score (nSPS) is 17.0. The van der Waals surface area contributed by atoms with E-state index >= 15 is 0 Å². The van der Waals surface area contributed by atoms with Crippen molar-refractivity contribution >= 4 is 35.4 Å². The molecule has 25 heavy (non-hydrogen) atoms. The maximum atomic E-state index is 11.0. The number of hydrogen-bond acceptors (Lipinski definition) is 7. The fourth-order valence-corrected chi connectivity index (χ4v) is 2.80. The van der Waals surface area contributed by atoms with E-state index in [1.54, 1.807) is 30.7 Å². The largest absolute Gasteiger partial charge is 0.364 e. The molecule has 1 aliphatic heterocycles. The van der Waals surface area contributed by atoms with Crippen LogP contribution in [0.2, 0.25) is 5.02 Å². The molecule has 3 rings (SSSR count). The van der Waals surface area contributed by atoms with Crippen LogP contribution in [0, 0.1) is 0 Å². The predicted octanol–water partition coefficient (Wildman–Crippen LogP) is 1.73. The molecule has 130 valence electrons. The van der Waals surface area contributed by atoms with E-state index in [0.29, 0.717) is 22.4 Å². The maximum Gasteiger partial charge on any atom is 0.267 e. The molecule has 2 aromatic rings. The third kappa shape index (κ3) is 4.43. The molecule has 2 aromatic heterocycles. The Kier molecular flexibility index (Phi) is 5.42. The van der Waals surface area contributed by atoms with E-state index in [4.69, 9.17) is 16.8 Å². The minimum Gasteiger partial charge on any atom is -0.364 e. The van der Waals surface area contributed by atoms with Crippen molar-refractivity contribution < 1.29 is 10.0 Å². The number of amides is 1. The number of hydroxylamine groups is 1. The molecule has 0 saturated carbocycles. The lowest BCUT2D eigenvalue weighted by atomic mass is 10.2. The summed E-state index contributed by atoms with van der Waals surface area (Å²) in [6, 6.07) is 3.68. The van der Waals surface area contributed by atoms with Gasteiger partial charge in [0.2, 0.25) is 5.95 Å². The Hall–Kier alpha value is -2.71. The molecule has 1 aliphatic rings. The van der Waals surface area contributed by atoms with Crippen molar-refractivity contribution in [2.75, 3.05) is 23.3 Å². The van der Waals surface area contributed by atoms with Crippen molar-refractivity contribution in [3.8, 4) is 0 Å². The van der Waals surface area contributed by atoms with Crippen LogP contribution in [0.15, 0.2) is 36.8 Å². The van der Waals surface area contributed by atoms with Gasteiger partial charge >= 0.3 is 0 Å². The topological polar surface area (TPSA) is 103 Å². The van der Waals surface area contributed by atoms with Crippen LogP contribution >= 0.6 is 11.6 Å². The average molecular weight is 361 g/mol. The van der Waals surface area contributed by atoms with Crippen molar-refractivity contribution in [2.24, 2.45) is 0 Å². The molecule has 0 bridgehead atoms. The zero-order valence-electron chi connectivity index (χ0n) is 13.3. The molecular formula is C16H17ClN6O2. The summed E-state index contributed by atoms with van der Waals surface area (Å²) >= 11 is 6.26. The van der Waals surface area contributed by atoms with Crippen molar-refractivity contribution in [1.82, 2.24) is 20.4 Å². The molecular weight excluding hydrogens is 344 g/mol. The molecule has 0 radical (unpaired) electrons. The summed E-state index contributed by atoms with van der Waals surface area (Å²) < 4.78 is 0. The average Bonchev–Trinajstić information content (AvgIpc) is 3.11. The second-order valence-corrected chi connectivity index (χ2v) is 5.94. The summed E-state index contributed by atoms with van der Waals surface area (Å²) in [6.07, 6.45) is 8.68. The number of halogens is 1. The lowest BCUT2D eigenvalue weighted by Gasteiger charge is -2.17. The van der Waals surface area contributed by atoms with Crippen molar-refractivity contribution in [1.29, 1.82) is 0 Å². The van der Waals surface area contributed by atoms with Gasteiger partial charge in [0.1, 0.15) is 5.82 Å². The van der Waals surface area contributed by atoms with Gasteiger partial charge < -0.3 is 10.2 Å². The van der Waals surface area contributed by atoms with E-state index in [-0.39, 0.29) is 6.04 Å². The van der Waals surface area contributed by atoms with E-state index in [0.717, 1.165) is 19.5 Å². The van der Waals surface area contributed by atoms with Crippen LogP contribution in [0.1, 0.15) is 12.0 Å². The van der Waals surface area contributed by atoms with Crippen LogP contribution in [-0.4, -0.2) is 45.2 Å². The molecule has 1 atom stereocenters. The minimum absolute atomic E-state index is 0.190. The van der Waals surface area contributed by atoms with Gasteiger partial charge in [-0.15, -0.1) is 0 Å². The molecule has 0 aliphatic carbocycles. The van der Waals surface area contributed by atoms with E-state index < -0.39 is 5.91 Å². The van der Waals surface area contributed by atoms with Crippen molar-refractivity contribution in [3.63, 3.8) is 0 Å². The van der Waals surface area contributed by atoms with Gasteiger partial charge in [-0.1, -0.05) is 11.6 Å². The Balaban J connectivity index is 1.62. The molecule has 1 fully saturated rings. The third-order valence-corrected chi connectivity index (χ3v) is 4.05. The van der Waals surface area contributed by atoms with Crippen molar-refractivity contribution in [2.45, 2.75) is 12.5 Å². The van der Waals surface area contributed by atoms with E-state index in [1.165, 1.54) is 17.6 Å². The number of nitrogens with zero attached hydrogens (tertiary/aromatic N) is 4. The predicted molar refractivity (Wildman–Crippen MR) is 94.5 cm³/mol. The van der Waals surface area contributed by atoms with Gasteiger partial charge in [0.25, 0.3) is 5.91 Å². The number of rotatable bonds is 5. The van der Waals surface area contributed by atoms with Gasteiger partial charge in [0.15, 0.2) is 0 Å². The van der Waals surface area contributed by atoms with Crippen LogP contribution in [0.4, 0.5) is 11.8 Å². The van der Waals surface area contributed by atoms with E-state index in [9.17, 15) is 4.79 Å². The number of pyridine rings is 1. The zero-order valence-corrected chi connectivity index (χ0v) is 14.0. The van der Waals surface area contributed by atoms with E-state index in [1.807, 2.05) is 0 Å². The first-order chi connectivity index (χ1) is 12.2. The van der Waals surface area contributed by atoms with Crippen LogP contribution in [0.25, 0.3) is 6.08 Å². The summed E-state index contributed by atoms with van der Waals surface area (Å²) in [4.78, 5) is 25.9. The number of carbonyl (C=O) groups excluding carboxylic acids is 1. The number of nitrogens with one attached hydrogen (secondary N) is 2. The third-order valence-electron chi connectivity index (χ3n) is 3.76. The molecule has 3 N–H and O–H groups in total. The van der Waals surface area contributed by atoms with Gasteiger partial charge in [-0.3, -0.25) is 10.0 Å². The van der Waals surface area contributed by atoms with Crippen LogP contribution in [0.5, 0.6) is 0 Å². The highest BCUT2D eigenvalue weighted by atomic mass is 35.5. The molecule has 0 aromatic carbocycles. The zero-order chi connectivity index (χ0) is 17.6. The first-order valence-electron chi connectivity index (χ1n) is 7.72. The number of aromatic nitrogens is 3. The molecule has 1 amide bonds. The Morgan fingerprint density at radius 3 is 2.88 bits per heavy atom. The molecule has 0 unspecified atom stereocenters. The fraction of sp³-hybridized carbons (Fsp3) is 0.250. The first kappa shape index (κ1) is 17.1. The van der Waals surface area contributed by atoms with Gasteiger partial charge in [-0.05, 0) is 30.2 Å². The standard InChI is InChI=1S/C16H17ClN6O2/c17-13-8-11(2-3-14(24)22-25)9-20-15(13)21-12-4-7-23(10-12)16-18-5-1-6-19-16/h1-3,5-6,8-9,12,25H,4,7,10H2,(H,20,21)(H,22,24)/t12-/m1/s1. The Morgan fingerprint density at radius 1 is 1.36 bits per heavy atom. The lowest BCUT2D eigenvalue weighted by Crippen LogP contribution is -2.27. The Labute approximate surface area is 149 Å². The molecule has 8 nitrogen and oxygen atoms in total. The van der Waals surface area contributed by atoms with Crippen LogP contribution < -0.4 is 15.7 Å². The number of anilines is 2. The van der Waals surface area contributed by atoms with Gasteiger partial charge in [-0.25, -0.2) is 20.4 Å². The van der Waals surface area contributed by atoms with Crippen molar-refractivity contribution in [3.05, 3.63) is 47.4 Å². The Morgan fingerprint density at radius 2 is 2.16 bits per heavy atom. The molecule has 9 heteroatoms. The second-order valence-electron chi connectivity index (χ2n) is 5.53. The highest BCUT2D eigenvalue weighted by Crippen LogP contribution is 2.24. The summed E-state index contributed by atoms with van der Waals surface area (Å²) in [5, 5.41) is 12.2. The highest BCUT2D eigenvalue weighted by Gasteiger charge is 2.24. The summed E-state index contributed by atoms with van der Waals surface area (Å²) in [6.45, 7) is 1.62. The summed E-state index contributed by atoms with van der Waals surface area (Å²) in [5.41, 5.74) is 2.18. The quantitative estimate of drug-likeness (QED) is 0.424. The smallest absolute Gasteiger partial charge is 0.267 e. The second kappa shape index (κ2) is 7.91. The maximum absolute atomic E-state index is 11.0. The number of carbonyl (C=O) groups is 1. The Bertz CT molecular complexity index is 770. The summed E-state index contributed by atoms with van der Waals surface area (Å²) in [7, 11) is 0. The number of hydrogen-bond donors (Lipinski definition) is 3. The fourth-order valence-electron chi connectivity index (χ4n) is 2.57. The molecule has 1 saturated heterocycles. The lowest BCUT2D eigenvalue weighted by molar-refractivity contribution is -0.124. The van der Waals surface area contributed by atoms with Gasteiger partial charge in [-0.2, -0.15) is 0 Å². The highest BCUT2D eigenvalue weighted by molar-refractivity contribution is 6.33.